The normalized spacial score (nSPS) is 61.2. The lowest BCUT2D eigenvalue weighted by Crippen LogP contribution is -2.56. The van der Waals surface area contributed by atoms with E-state index in [0.717, 1.165) is 32.1 Å². The molecule has 0 bridgehead atoms. The van der Waals surface area contributed by atoms with Crippen LogP contribution in [0.2, 0.25) is 0 Å². The molecular weight excluding hydrogens is 280 g/mol. The fraction of sp³-hybridized carbons (Fsp3) is 1.00. The van der Waals surface area contributed by atoms with Crippen LogP contribution in [0.5, 0.6) is 0 Å². The van der Waals surface area contributed by atoms with Gasteiger partial charge in [-0.05, 0) is 66.6 Å². The molecule has 126 valence electrons. The molecule has 0 aromatic rings. The van der Waals surface area contributed by atoms with Crippen molar-refractivity contribution in [1.82, 2.24) is 0 Å². The van der Waals surface area contributed by atoms with Gasteiger partial charge < -0.3 is 20.1 Å². The first-order valence-electron chi connectivity index (χ1n) is 9.02. The lowest BCUT2D eigenvalue weighted by molar-refractivity contribution is -0.228. The standard InChI is InChI=1S/C18H30O4/c1-17-6-5-12-11(13(17)8-14(19)16(17)21)4-3-10-7-15(20)22-9-18(10,12)2/h10-16,19-21H,3-9H2,1-2H3/t10-,11+,12-,13-,14+,15+,16-,17-,18-/m0/s1. The molecule has 3 saturated carbocycles. The van der Waals surface area contributed by atoms with Crippen LogP contribution in [-0.4, -0.2) is 40.4 Å². The molecule has 0 aromatic carbocycles. The highest BCUT2D eigenvalue weighted by atomic mass is 16.6. The third-order valence-electron chi connectivity index (χ3n) is 8.11. The number of hydrogen-bond donors (Lipinski definition) is 3. The summed E-state index contributed by atoms with van der Waals surface area (Å²) >= 11 is 0. The van der Waals surface area contributed by atoms with Crippen molar-refractivity contribution >= 4 is 0 Å². The summed E-state index contributed by atoms with van der Waals surface area (Å²) in [7, 11) is 0. The quantitative estimate of drug-likeness (QED) is 0.639. The number of aliphatic hydroxyl groups excluding tert-OH is 3. The van der Waals surface area contributed by atoms with E-state index in [1.165, 1.54) is 6.42 Å². The van der Waals surface area contributed by atoms with Gasteiger partial charge in [-0.15, -0.1) is 0 Å². The molecule has 0 radical (unpaired) electrons. The predicted octanol–water partition coefficient (Wildman–Crippen LogP) is 1.92. The Labute approximate surface area is 132 Å². The Balaban J connectivity index is 1.63. The van der Waals surface area contributed by atoms with Crippen molar-refractivity contribution in [3.05, 3.63) is 0 Å². The van der Waals surface area contributed by atoms with Gasteiger partial charge in [-0.25, -0.2) is 0 Å². The van der Waals surface area contributed by atoms with Crippen molar-refractivity contribution in [2.45, 2.75) is 70.9 Å². The second-order valence-corrected chi connectivity index (χ2v) is 8.95. The van der Waals surface area contributed by atoms with Gasteiger partial charge in [0.1, 0.15) is 0 Å². The minimum atomic E-state index is -0.585. The number of aliphatic hydroxyl groups is 3. The second-order valence-electron chi connectivity index (χ2n) is 8.95. The van der Waals surface area contributed by atoms with Crippen LogP contribution in [0.15, 0.2) is 0 Å². The highest BCUT2D eigenvalue weighted by molar-refractivity contribution is 5.11. The van der Waals surface area contributed by atoms with Crippen LogP contribution in [0.25, 0.3) is 0 Å². The molecule has 22 heavy (non-hydrogen) atoms. The summed E-state index contributed by atoms with van der Waals surface area (Å²) in [6.07, 6.45) is 4.27. The Hall–Kier alpha value is -0.160. The molecule has 4 rings (SSSR count). The van der Waals surface area contributed by atoms with Crippen LogP contribution < -0.4 is 0 Å². The second kappa shape index (κ2) is 4.92. The summed E-state index contributed by atoms with van der Waals surface area (Å²) in [6.45, 7) is 5.20. The number of ether oxygens (including phenoxy) is 1. The van der Waals surface area contributed by atoms with E-state index >= 15 is 0 Å². The van der Waals surface area contributed by atoms with E-state index in [0.29, 0.717) is 30.3 Å². The van der Waals surface area contributed by atoms with E-state index in [9.17, 15) is 15.3 Å². The molecule has 0 unspecified atom stereocenters. The number of hydrogen-bond acceptors (Lipinski definition) is 4. The molecule has 0 amide bonds. The minimum Gasteiger partial charge on any atom is -0.390 e. The Morgan fingerprint density at radius 2 is 1.68 bits per heavy atom. The van der Waals surface area contributed by atoms with E-state index in [4.69, 9.17) is 4.74 Å². The van der Waals surface area contributed by atoms with Crippen LogP contribution >= 0.6 is 0 Å². The first-order chi connectivity index (χ1) is 10.4. The third-order valence-corrected chi connectivity index (χ3v) is 8.11. The molecule has 1 heterocycles. The van der Waals surface area contributed by atoms with Gasteiger partial charge in [-0.3, -0.25) is 0 Å². The van der Waals surface area contributed by atoms with Crippen molar-refractivity contribution in [2.24, 2.45) is 34.5 Å². The molecule has 3 N–H and O–H groups in total. The lowest BCUT2D eigenvalue weighted by atomic mass is 9.47. The van der Waals surface area contributed by atoms with Gasteiger partial charge in [0, 0.05) is 6.42 Å². The minimum absolute atomic E-state index is 0.112. The summed E-state index contributed by atoms with van der Waals surface area (Å²) in [6, 6.07) is 0. The van der Waals surface area contributed by atoms with Crippen molar-refractivity contribution in [3.63, 3.8) is 0 Å². The largest absolute Gasteiger partial charge is 0.390 e. The first-order valence-corrected chi connectivity index (χ1v) is 9.02. The van der Waals surface area contributed by atoms with Crippen LogP contribution in [0.1, 0.15) is 52.4 Å². The van der Waals surface area contributed by atoms with Gasteiger partial charge in [0.15, 0.2) is 6.29 Å². The summed E-state index contributed by atoms with van der Waals surface area (Å²) in [5, 5.41) is 30.5. The monoisotopic (exact) mass is 310 g/mol. The zero-order valence-electron chi connectivity index (χ0n) is 13.7. The molecule has 4 aliphatic rings. The van der Waals surface area contributed by atoms with Gasteiger partial charge >= 0.3 is 0 Å². The van der Waals surface area contributed by atoms with E-state index in [2.05, 4.69) is 13.8 Å². The van der Waals surface area contributed by atoms with Gasteiger partial charge in [0.25, 0.3) is 0 Å². The van der Waals surface area contributed by atoms with E-state index < -0.39 is 18.5 Å². The maximum absolute atomic E-state index is 10.5. The highest BCUT2D eigenvalue weighted by Crippen LogP contribution is 2.64. The fourth-order valence-electron chi connectivity index (χ4n) is 6.72. The Kier molecular flexibility index (Phi) is 3.44. The molecule has 1 saturated heterocycles. The Morgan fingerprint density at radius 3 is 2.45 bits per heavy atom. The Bertz CT molecular complexity index is 454. The molecule has 9 atom stereocenters. The average Bonchev–Trinajstić information content (AvgIpc) is 2.72. The fourth-order valence-corrected chi connectivity index (χ4v) is 6.72. The SMILES string of the molecule is C[C@]12CO[C@@H](O)C[C@@H]1CC[C@@H]1[C@@H]2CC[C@]2(C)[C@@H](O)[C@H](O)C[C@@H]12. The van der Waals surface area contributed by atoms with Crippen LogP contribution in [0.3, 0.4) is 0 Å². The number of fused-ring (bicyclic) bond motifs is 5. The highest BCUT2D eigenvalue weighted by Gasteiger charge is 2.62. The third kappa shape index (κ3) is 1.90. The molecule has 1 aliphatic heterocycles. The van der Waals surface area contributed by atoms with Gasteiger partial charge in [0.05, 0.1) is 18.8 Å². The Morgan fingerprint density at radius 1 is 0.909 bits per heavy atom. The summed E-state index contributed by atoms with van der Waals surface area (Å²) in [5.74, 6) is 2.18. The molecule has 4 heteroatoms. The van der Waals surface area contributed by atoms with E-state index in [1.54, 1.807) is 0 Å². The zero-order valence-corrected chi connectivity index (χ0v) is 13.7. The van der Waals surface area contributed by atoms with Crippen LogP contribution in [0, 0.1) is 34.5 Å². The van der Waals surface area contributed by atoms with E-state index in [1.807, 2.05) is 0 Å². The maximum atomic E-state index is 10.5. The van der Waals surface area contributed by atoms with Crippen molar-refractivity contribution in [1.29, 1.82) is 0 Å². The van der Waals surface area contributed by atoms with Gasteiger partial charge in [0.2, 0.25) is 0 Å². The van der Waals surface area contributed by atoms with Crippen LogP contribution in [0.4, 0.5) is 0 Å². The maximum Gasteiger partial charge on any atom is 0.154 e. The smallest absolute Gasteiger partial charge is 0.154 e. The average molecular weight is 310 g/mol. The lowest BCUT2D eigenvalue weighted by Gasteiger charge is -2.60. The molecule has 4 nitrogen and oxygen atoms in total. The number of rotatable bonds is 0. The molecule has 3 aliphatic carbocycles. The van der Waals surface area contributed by atoms with Crippen molar-refractivity contribution < 1.29 is 20.1 Å². The molecule has 4 fully saturated rings. The summed E-state index contributed by atoms with van der Waals surface area (Å²) in [5.41, 5.74) is 0.0424. The van der Waals surface area contributed by atoms with E-state index in [-0.39, 0.29) is 10.8 Å². The zero-order chi connectivity index (χ0) is 15.7. The van der Waals surface area contributed by atoms with Crippen molar-refractivity contribution in [3.8, 4) is 0 Å². The molecule has 0 spiro atoms. The summed E-state index contributed by atoms with van der Waals surface area (Å²) < 4.78 is 5.63. The van der Waals surface area contributed by atoms with Crippen molar-refractivity contribution in [2.75, 3.05) is 6.61 Å². The summed E-state index contributed by atoms with van der Waals surface area (Å²) in [4.78, 5) is 0. The topological polar surface area (TPSA) is 69.9 Å². The van der Waals surface area contributed by atoms with Gasteiger partial charge in [-0.1, -0.05) is 13.8 Å². The predicted molar refractivity (Wildman–Crippen MR) is 81.8 cm³/mol. The van der Waals surface area contributed by atoms with Gasteiger partial charge in [-0.2, -0.15) is 0 Å². The first kappa shape index (κ1) is 15.4. The molecular formula is C18H30O4. The van der Waals surface area contributed by atoms with Crippen LogP contribution in [-0.2, 0) is 4.74 Å². The molecule has 0 aromatic heterocycles.